The molecule has 0 heterocycles. The van der Waals surface area contributed by atoms with E-state index in [0.717, 1.165) is 23.3 Å². The van der Waals surface area contributed by atoms with Gasteiger partial charge in [-0.1, -0.05) is 29.8 Å². The Labute approximate surface area is 205 Å². The van der Waals surface area contributed by atoms with Crippen molar-refractivity contribution in [3.63, 3.8) is 0 Å². The quantitative estimate of drug-likeness (QED) is 0.376. The summed E-state index contributed by atoms with van der Waals surface area (Å²) in [5.74, 6) is 0.164. The van der Waals surface area contributed by atoms with Crippen LogP contribution in [0.25, 0.3) is 11.1 Å². The zero-order valence-electron chi connectivity index (χ0n) is 18.7. The van der Waals surface area contributed by atoms with E-state index in [0.29, 0.717) is 18.8 Å². The van der Waals surface area contributed by atoms with E-state index in [2.05, 4.69) is 5.32 Å². The van der Waals surface area contributed by atoms with E-state index in [4.69, 9.17) is 21.4 Å². The van der Waals surface area contributed by atoms with Gasteiger partial charge >= 0.3 is 6.18 Å². The van der Waals surface area contributed by atoms with Gasteiger partial charge in [-0.2, -0.15) is 18.4 Å². The summed E-state index contributed by atoms with van der Waals surface area (Å²) in [6.07, 6.45) is -4.12. The average molecular weight is 503 g/mol. The van der Waals surface area contributed by atoms with E-state index in [9.17, 15) is 23.2 Å². The maximum atomic E-state index is 13.0. The molecule has 0 radical (unpaired) electrons. The molecule has 0 spiro atoms. The number of carbonyl (C=O) groups excluding carboxylic acids is 1. The van der Waals surface area contributed by atoms with E-state index < -0.39 is 17.6 Å². The largest absolute Gasteiger partial charge is 0.493 e. The standard InChI is InChI=1S/C26H22ClF3N2O3/c1-16-4-2-5-24(35-11-3-10-33)22(16)15-32-25(34)17-6-9-23(27)21(13-17)20-8-7-19(26(28,29)30)12-18(20)14-31/h2,4-9,12-13,33H,3,10-11,15H2,1H3,(H,32,34). The lowest BCUT2D eigenvalue weighted by Gasteiger charge is -2.15. The molecule has 3 aromatic carbocycles. The third-order valence-corrected chi connectivity index (χ3v) is 5.67. The van der Waals surface area contributed by atoms with E-state index in [1.807, 2.05) is 19.1 Å². The summed E-state index contributed by atoms with van der Waals surface area (Å²) in [6.45, 7) is 2.38. The van der Waals surface area contributed by atoms with Crippen molar-refractivity contribution < 1.29 is 27.8 Å². The summed E-state index contributed by atoms with van der Waals surface area (Å²) in [7, 11) is 0. The topological polar surface area (TPSA) is 82.3 Å². The predicted octanol–water partition coefficient (Wildman–Crippen LogP) is 5.90. The number of rotatable bonds is 8. The number of aryl methyl sites for hydroxylation is 1. The van der Waals surface area contributed by atoms with Crippen molar-refractivity contribution in [3.05, 3.63) is 87.4 Å². The van der Waals surface area contributed by atoms with Gasteiger partial charge in [-0.05, 0) is 48.9 Å². The third-order valence-electron chi connectivity index (χ3n) is 5.34. The summed E-state index contributed by atoms with van der Waals surface area (Å²) < 4.78 is 44.9. The lowest BCUT2D eigenvalue weighted by Crippen LogP contribution is -2.23. The molecule has 35 heavy (non-hydrogen) atoms. The van der Waals surface area contributed by atoms with Gasteiger partial charge in [0.05, 0.1) is 23.8 Å². The first-order chi connectivity index (χ1) is 16.7. The molecule has 0 aliphatic carbocycles. The van der Waals surface area contributed by atoms with Crippen molar-refractivity contribution in [2.75, 3.05) is 13.2 Å². The number of hydrogen-bond donors (Lipinski definition) is 2. The minimum atomic E-state index is -4.59. The maximum Gasteiger partial charge on any atom is 0.416 e. The Kier molecular flexibility index (Phi) is 8.39. The highest BCUT2D eigenvalue weighted by Gasteiger charge is 2.31. The van der Waals surface area contributed by atoms with Crippen LogP contribution in [0.4, 0.5) is 13.2 Å². The maximum absolute atomic E-state index is 13.0. The van der Waals surface area contributed by atoms with Crippen LogP contribution in [0.2, 0.25) is 5.02 Å². The summed E-state index contributed by atoms with van der Waals surface area (Å²) >= 11 is 6.27. The fourth-order valence-corrected chi connectivity index (χ4v) is 3.69. The van der Waals surface area contributed by atoms with Crippen LogP contribution in [0, 0.1) is 18.3 Å². The van der Waals surface area contributed by atoms with Crippen molar-refractivity contribution in [3.8, 4) is 22.9 Å². The van der Waals surface area contributed by atoms with Gasteiger partial charge in [0, 0.05) is 46.8 Å². The van der Waals surface area contributed by atoms with Crippen molar-refractivity contribution >= 4 is 17.5 Å². The molecule has 1 amide bonds. The summed E-state index contributed by atoms with van der Waals surface area (Å²) in [6, 6.07) is 14.5. The fourth-order valence-electron chi connectivity index (χ4n) is 3.48. The lowest BCUT2D eigenvalue weighted by atomic mass is 9.96. The Morgan fingerprint density at radius 3 is 2.60 bits per heavy atom. The van der Waals surface area contributed by atoms with Gasteiger partial charge in [0.15, 0.2) is 0 Å². The van der Waals surface area contributed by atoms with Gasteiger partial charge in [0.25, 0.3) is 5.91 Å². The number of nitriles is 1. The van der Waals surface area contributed by atoms with Crippen LogP contribution >= 0.6 is 11.6 Å². The number of aliphatic hydroxyl groups is 1. The highest BCUT2D eigenvalue weighted by Crippen LogP contribution is 2.36. The van der Waals surface area contributed by atoms with Crippen LogP contribution in [-0.2, 0) is 12.7 Å². The molecule has 5 nitrogen and oxygen atoms in total. The first-order valence-electron chi connectivity index (χ1n) is 10.7. The van der Waals surface area contributed by atoms with E-state index in [1.54, 1.807) is 12.1 Å². The Bertz CT molecular complexity index is 1270. The van der Waals surface area contributed by atoms with Crippen molar-refractivity contribution in [1.29, 1.82) is 5.26 Å². The molecular weight excluding hydrogens is 481 g/mol. The summed E-state index contributed by atoms with van der Waals surface area (Å²) in [4.78, 5) is 12.9. The normalized spacial score (nSPS) is 11.1. The number of nitrogens with zero attached hydrogens (tertiary/aromatic N) is 1. The molecule has 0 unspecified atom stereocenters. The molecule has 0 aliphatic rings. The van der Waals surface area contributed by atoms with Gasteiger partial charge < -0.3 is 15.2 Å². The highest BCUT2D eigenvalue weighted by molar-refractivity contribution is 6.33. The van der Waals surface area contributed by atoms with Gasteiger partial charge in [-0.15, -0.1) is 0 Å². The van der Waals surface area contributed by atoms with Gasteiger partial charge in [-0.25, -0.2) is 0 Å². The zero-order valence-corrected chi connectivity index (χ0v) is 19.5. The Morgan fingerprint density at radius 2 is 1.91 bits per heavy atom. The van der Waals surface area contributed by atoms with Gasteiger partial charge in [0.1, 0.15) is 5.75 Å². The molecule has 3 rings (SSSR count). The molecule has 182 valence electrons. The third kappa shape index (κ3) is 6.32. The van der Waals surface area contributed by atoms with Crippen molar-refractivity contribution in [2.24, 2.45) is 0 Å². The lowest BCUT2D eigenvalue weighted by molar-refractivity contribution is -0.137. The summed E-state index contributed by atoms with van der Waals surface area (Å²) in [5, 5.41) is 21.4. The zero-order chi connectivity index (χ0) is 25.6. The number of nitrogens with one attached hydrogen (secondary N) is 1. The van der Waals surface area contributed by atoms with Crippen LogP contribution in [0.15, 0.2) is 54.6 Å². The SMILES string of the molecule is Cc1cccc(OCCCO)c1CNC(=O)c1ccc(Cl)c(-c2ccc(C(F)(F)F)cc2C#N)c1. The van der Waals surface area contributed by atoms with Crippen LogP contribution in [-0.4, -0.2) is 24.2 Å². The van der Waals surface area contributed by atoms with E-state index in [1.165, 1.54) is 24.3 Å². The highest BCUT2D eigenvalue weighted by atomic mass is 35.5. The first kappa shape index (κ1) is 26.1. The summed E-state index contributed by atoms with van der Waals surface area (Å²) in [5.41, 5.74) is 1.23. The Morgan fingerprint density at radius 1 is 1.14 bits per heavy atom. The van der Waals surface area contributed by atoms with Crippen molar-refractivity contribution in [2.45, 2.75) is 26.1 Å². The molecule has 0 aromatic heterocycles. The average Bonchev–Trinajstić information content (AvgIpc) is 2.83. The smallest absolute Gasteiger partial charge is 0.416 e. The molecule has 0 atom stereocenters. The number of hydrogen-bond acceptors (Lipinski definition) is 4. The molecular formula is C26H22ClF3N2O3. The molecule has 0 fully saturated rings. The molecule has 3 aromatic rings. The second-order valence-corrected chi connectivity index (χ2v) is 8.13. The molecule has 0 aliphatic heterocycles. The number of amides is 1. The van der Waals surface area contributed by atoms with E-state index >= 15 is 0 Å². The number of carbonyl (C=O) groups is 1. The Balaban J connectivity index is 1.85. The van der Waals surface area contributed by atoms with Crippen LogP contribution in [0.3, 0.4) is 0 Å². The number of halogens is 4. The number of aliphatic hydroxyl groups excluding tert-OH is 1. The second kappa shape index (κ2) is 11.3. The first-order valence-corrected chi connectivity index (χ1v) is 11.0. The molecule has 0 bridgehead atoms. The minimum Gasteiger partial charge on any atom is -0.493 e. The second-order valence-electron chi connectivity index (χ2n) is 7.72. The van der Waals surface area contributed by atoms with Gasteiger partial charge in [0.2, 0.25) is 0 Å². The number of benzene rings is 3. The predicted molar refractivity (Wildman–Crippen MR) is 126 cm³/mol. The molecule has 0 saturated carbocycles. The number of ether oxygens (including phenoxy) is 1. The minimum absolute atomic E-state index is 0.00321. The molecule has 0 saturated heterocycles. The van der Waals surface area contributed by atoms with Crippen LogP contribution in [0.1, 0.15) is 39.0 Å². The molecule has 9 heteroatoms. The van der Waals surface area contributed by atoms with Crippen molar-refractivity contribution in [1.82, 2.24) is 5.32 Å². The number of alkyl halides is 3. The van der Waals surface area contributed by atoms with Crippen LogP contribution < -0.4 is 10.1 Å². The molecule has 2 N–H and O–H groups in total. The van der Waals surface area contributed by atoms with E-state index in [-0.39, 0.29) is 40.4 Å². The Hall–Kier alpha value is -3.54. The fraction of sp³-hybridized carbons (Fsp3) is 0.231. The monoisotopic (exact) mass is 502 g/mol. The van der Waals surface area contributed by atoms with Crippen LogP contribution in [0.5, 0.6) is 5.75 Å². The van der Waals surface area contributed by atoms with Gasteiger partial charge in [-0.3, -0.25) is 4.79 Å².